The highest BCUT2D eigenvalue weighted by atomic mass is 35.5. The lowest BCUT2D eigenvalue weighted by molar-refractivity contribution is -0.155. The van der Waals surface area contributed by atoms with Gasteiger partial charge < -0.3 is 24.6 Å². The van der Waals surface area contributed by atoms with E-state index in [1.165, 1.54) is 12.2 Å². The number of nitrogens with one attached hydrogen (secondary N) is 1. The normalized spacial score (nSPS) is 11.0. The maximum atomic E-state index is 11.5. The minimum atomic E-state index is -1.25. The van der Waals surface area contributed by atoms with Crippen molar-refractivity contribution in [1.82, 2.24) is 5.32 Å². The maximum Gasteiger partial charge on any atom is 0.408 e. The molecule has 9 nitrogen and oxygen atoms in total. The van der Waals surface area contributed by atoms with E-state index < -0.39 is 35.1 Å². The number of hydrogen-bond donors (Lipinski definition) is 2. The van der Waals surface area contributed by atoms with Crippen molar-refractivity contribution in [2.75, 3.05) is 13.2 Å². The minimum absolute atomic E-state index is 0.0236. The molecule has 0 aromatic rings. The van der Waals surface area contributed by atoms with E-state index in [1.807, 2.05) is 0 Å². The molecular formula is C17H26ClNO8. The minimum Gasteiger partial charge on any atom is -0.480 e. The predicted molar refractivity (Wildman–Crippen MR) is 98.6 cm³/mol. The molecule has 0 aromatic heterocycles. The Morgan fingerprint density at radius 3 is 2.00 bits per heavy atom. The first kappa shape index (κ1) is 26.7. The summed E-state index contributed by atoms with van der Waals surface area (Å²) in [5, 5.41) is 11.1. The summed E-state index contributed by atoms with van der Waals surface area (Å²) < 4.78 is 13.9. The fourth-order valence-electron chi connectivity index (χ4n) is 1.36. The summed E-state index contributed by atoms with van der Waals surface area (Å²) in [6.45, 7) is 12.0. The van der Waals surface area contributed by atoms with Gasteiger partial charge in [0.25, 0.3) is 0 Å². The van der Waals surface area contributed by atoms with Gasteiger partial charge in [-0.2, -0.15) is 0 Å². The number of esters is 1. The molecule has 10 heteroatoms. The highest BCUT2D eigenvalue weighted by molar-refractivity contribution is 6.61. The molecule has 0 unspecified atom stereocenters. The zero-order chi connectivity index (χ0) is 21.5. The lowest BCUT2D eigenvalue weighted by Crippen LogP contribution is -2.41. The Bertz CT molecular complexity index is 528. The zero-order valence-electron chi connectivity index (χ0n) is 15.7. The molecule has 0 spiro atoms. The van der Waals surface area contributed by atoms with Crippen molar-refractivity contribution >= 4 is 35.1 Å². The molecule has 0 saturated heterocycles. The van der Waals surface area contributed by atoms with Gasteiger partial charge in [-0.3, -0.25) is 4.79 Å². The van der Waals surface area contributed by atoms with Crippen LogP contribution in [0.5, 0.6) is 0 Å². The molecule has 1 amide bonds. The number of carbonyl (C=O) groups is 4. The van der Waals surface area contributed by atoms with Crippen molar-refractivity contribution in [3.63, 3.8) is 0 Å². The molecule has 0 saturated carbocycles. The third-order valence-corrected chi connectivity index (χ3v) is 2.40. The van der Waals surface area contributed by atoms with Crippen LogP contribution in [0.1, 0.15) is 33.6 Å². The summed E-state index contributed by atoms with van der Waals surface area (Å²) in [7, 11) is 0. The summed E-state index contributed by atoms with van der Waals surface area (Å²) in [5.41, 5.74) is -1.42. The van der Waals surface area contributed by atoms with E-state index in [1.54, 1.807) is 20.8 Å². The molecule has 0 aliphatic rings. The first-order valence-corrected chi connectivity index (χ1v) is 8.22. The van der Waals surface area contributed by atoms with Gasteiger partial charge in [0.1, 0.15) is 24.9 Å². The van der Waals surface area contributed by atoms with Crippen LogP contribution in [-0.4, -0.2) is 53.4 Å². The van der Waals surface area contributed by atoms with Gasteiger partial charge in [0.2, 0.25) is 0 Å². The van der Waals surface area contributed by atoms with Crippen LogP contribution in [0.2, 0.25) is 0 Å². The summed E-state index contributed by atoms with van der Waals surface area (Å²) in [4.78, 5) is 43.4. The van der Waals surface area contributed by atoms with E-state index in [0.29, 0.717) is 0 Å². The molecule has 1 atom stereocenters. The lowest BCUT2D eigenvalue weighted by atomic mass is 10.1. The molecule has 0 rings (SSSR count). The van der Waals surface area contributed by atoms with E-state index in [-0.39, 0.29) is 26.1 Å². The van der Waals surface area contributed by atoms with Gasteiger partial charge in [-0.25, -0.2) is 14.4 Å². The molecule has 0 radical (unpaired) electrons. The summed E-state index contributed by atoms with van der Waals surface area (Å²) in [6, 6.07) is -1.21. The van der Waals surface area contributed by atoms with Crippen molar-refractivity contribution in [1.29, 1.82) is 0 Å². The van der Waals surface area contributed by atoms with Gasteiger partial charge in [0, 0.05) is 18.0 Å². The predicted octanol–water partition coefficient (Wildman–Crippen LogP) is 3.02. The molecule has 0 aliphatic carbocycles. The smallest absolute Gasteiger partial charge is 0.408 e. The Hall–Kier alpha value is -2.55. The van der Waals surface area contributed by atoms with Crippen LogP contribution in [-0.2, 0) is 23.8 Å². The average Bonchev–Trinajstić information content (AvgIpc) is 2.53. The van der Waals surface area contributed by atoms with Crippen molar-refractivity contribution in [3.05, 3.63) is 25.3 Å². The molecular weight excluding hydrogens is 382 g/mol. The third kappa shape index (κ3) is 19.6. The van der Waals surface area contributed by atoms with Gasteiger partial charge in [0.15, 0.2) is 0 Å². The first-order valence-electron chi connectivity index (χ1n) is 7.85. The maximum absolute atomic E-state index is 11.5. The van der Waals surface area contributed by atoms with E-state index >= 15 is 0 Å². The first-order chi connectivity index (χ1) is 12.4. The molecule has 0 aromatic carbocycles. The van der Waals surface area contributed by atoms with Gasteiger partial charge in [-0.15, -0.1) is 0 Å². The molecule has 0 aliphatic heterocycles. The van der Waals surface area contributed by atoms with Crippen LogP contribution in [0.15, 0.2) is 25.3 Å². The van der Waals surface area contributed by atoms with Crippen LogP contribution in [0.25, 0.3) is 0 Å². The van der Waals surface area contributed by atoms with E-state index in [2.05, 4.69) is 27.9 Å². The monoisotopic (exact) mass is 407 g/mol. The SMILES string of the molecule is C=CCOC(=O)Cl.C=CCOC(=O)N[C@@H](CCC(=O)OC(C)(C)C)C(=O)O. The molecule has 0 fully saturated rings. The van der Waals surface area contributed by atoms with Crippen LogP contribution in [0.3, 0.4) is 0 Å². The molecule has 154 valence electrons. The van der Waals surface area contributed by atoms with Crippen molar-refractivity contribution in [2.45, 2.75) is 45.3 Å². The third-order valence-electron chi connectivity index (χ3n) is 2.29. The quantitative estimate of drug-likeness (QED) is 0.258. The summed E-state index contributed by atoms with van der Waals surface area (Å²) >= 11 is 4.75. The summed E-state index contributed by atoms with van der Waals surface area (Å²) in [6.07, 6.45) is 1.74. The second-order valence-electron chi connectivity index (χ2n) is 5.88. The summed E-state index contributed by atoms with van der Waals surface area (Å²) in [5.74, 6) is -1.77. The Morgan fingerprint density at radius 2 is 1.63 bits per heavy atom. The Morgan fingerprint density at radius 1 is 1.11 bits per heavy atom. The zero-order valence-corrected chi connectivity index (χ0v) is 16.4. The van der Waals surface area contributed by atoms with E-state index in [9.17, 15) is 19.2 Å². The fourth-order valence-corrected chi connectivity index (χ4v) is 1.42. The van der Waals surface area contributed by atoms with Crippen LogP contribution >= 0.6 is 11.6 Å². The van der Waals surface area contributed by atoms with Crippen LogP contribution < -0.4 is 5.32 Å². The number of aliphatic carboxylic acids is 1. The molecule has 27 heavy (non-hydrogen) atoms. The Balaban J connectivity index is 0. The number of carboxylic acids is 1. The van der Waals surface area contributed by atoms with Gasteiger partial charge in [0.05, 0.1) is 0 Å². The highest BCUT2D eigenvalue weighted by Crippen LogP contribution is 2.10. The largest absolute Gasteiger partial charge is 0.480 e. The van der Waals surface area contributed by atoms with Crippen LogP contribution in [0.4, 0.5) is 9.59 Å². The van der Waals surface area contributed by atoms with E-state index in [0.717, 1.165) is 0 Å². The van der Waals surface area contributed by atoms with Crippen LogP contribution in [0, 0.1) is 0 Å². The number of amides is 1. The number of rotatable bonds is 9. The average molecular weight is 408 g/mol. The Kier molecular flexibility index (Phi) is 14.4. The Labute approximate surface area is 163 Å². The van der Waals surface area contributed by atoms with Crippen molar-refractivity contribution < 1.29 is 38.5 Å². The van der Waals surface area contributed by atoms with Crippen molar-refractivity contribution in [3.8, 4) is 0 Å². The lowest BCUT2D eigenvalue weighted by Gasteiger charge is -2.20. The number of ether oxygens (including phenoxy) is 3. The number of carboxylic acid groups (broad SMARTS) is 1. The second-order valence-corrected chi connectivity index (χ2v) is 6.19. The van der Waals surface area contributed by atoms with E-state index in [4.69, 9.17) is 21.4 Å². The molecule has 0 bridgehead atoms. The number of alkyl carbamates (subject to hydrolysis) is 1. The van der Waals surface area contributed by atoms with Gasteiger partial charge in [-0.1, -0.05) is 25.3 Å². The van der Waals surface area contributed by atoms with Gasteiger partial charge >= 0.3 is 23.5 Å². The number of carbonyl (C=O) groups excluding carboxylic acids is 3. The van der Waals surface area contributed by atoms with Crippen molar-refractivity contribution in [2.24, 2.45) is 0 Å². The number of halogens is 1. The standard InChI is InChI=1S/C13H21NO6.C4H5ClO2/c1-5-8-19-12(18)14-9(11(16)17)6-7-10(15)20-13(2,3)4;1-2-3-7-4(5)6/h5,9H,1,6-8H2,2-4H3,(H,14,18)(H,16,17);2H,1,3H2/t9-;/m0./s1. The highest BCUT2D eigenvalue weighted by Gasteiger charge is 2.23. The molecule has 0 heterocycles. The fraction of sp³-hybridized carbons (Fsp3) is 0.529. The second kappa shape index (κ2) is 14.6. The molecule has 2 N–H and O–H groups in total. The van der Waals surface area contributed by atoms with Gasteiger partial charge in [-0.05, 0) is 27.2 Å². The number of hydrogen-bond acceptors (Lipinski definition) is 7. The topological polar surface area (TPSA) is 128 Å².